The van der Waals surface area contributed by atoms with Gasteiger partial charge >= 0.3 is 0 Å². The van der Waals surface area contributed by atoms with Crippen molar-refractivity contribution in [3.63, 3.8) is 0 Å². The van der Waals surface area contributed by atoms with Crippen molar-refractivity contribution < 1.29 is 13.2 Å². The molecule has 0 saturated carbocycles. The average Bonchev–Trinajstić information content (AvgIpc) is 3.57. The lowest BCUT2D eigenvalue weighted by Crippen LogP contribution is -2.15. The summed E-state index contributed by atoms with van der Waals surface area (Å²) in [6, 6.07) is 16.7. The molecule has 0 aliphatic rings. The number of ether oxygens (including phenoxy) is 1. The maximum absolute atomic E-state index is 13.1. The van der Waals surface area contributed by atoms with Crippen molar-refractivity contribution in [3.8, 4) is 23.1 Å². The molecule has 0 aliphatic carbocycles. The van der Waals surface area contributed by atoms with Gasteiger partial charge in [0.15, 0.2) is 0 Å². The number of methoxy groups -OCH3 is 1. The second-order valence-electron chi connectivity index (χ2n) is 7.96. The lowest BCUT2D eigenvalue weighted by atomic mass is 10.0. The van der Waals surface area contributed by atoms with Gasteiger partial charge in [0, 0.05) is 29.0 Å². The first kappa shape index (κ1) is 23.1. The SMILES string of the molecule is COc1ccc(NS(=O)(=O)c2cccc(C(CC#N)n3cc(-c4ncnc5[nH]ccc45)cn3)c2)cc1. The van der Waals surface area contributed by atoms with Crippen LogP contribution >= 0.6 is 0 Å². The largest absolute Gasteiger partial charge is 0.497 e. The molecule has 180 valence electrons. The number of nitrogens with one attached hydrogen (secondary N) is 2. The summed E-state index contributed by atoms with van der Waals surface area (Å²) < 4.78 is 35.5. The highest BCUT2D eigenvalue weighted by Crippen LogP contribution is 2.29. The molecule has 1 unspecified atom stereocenters. The van der Waals surface area contributed by atoms with Crippen LogP contribution in [0.4, 0.5) is 5.69 Å². The maximum Gasteiger partial charge on any atom is 0.261 e. The van der Waals surface area contributed by atoms with Gasteiger partial charge in [0.2, 0.25) is 0 Å². The van der Waals surface area contributed by atoms with Crippen LogP contribution < -0.4 is 9.46 Å². The minimum absolute atomic E-state index is 0.0796. The highest BCUT2D eigenvalue weighted by molar-refractivity contribution is 7.92. The van der Waals surface area contributed by atoms with Crippen molar-refractivity contribution >= 4 is 26.7 Å². The zero-order chi connectivity index (χ0) is 25.1. The number of nitrogens with zero attached hydrogens (tertiary/aromatic N) is 5. The Bertz CT molecular complexity index is 1670. The summed E-state index contributed by atoms with van der Waals surface area (Å²) >= 11 is 0. The zero-order valence-electron chi connectivity index (χ0n) is 19.2. The van der Waals surface area contributed by atoms with E-state index in [4.69, 9.17) is 4.74 Å². The molecule has 3 heterocycles. The van der Waals surface area contributed by atoms with Gasteiger partial charge in [-0.2, -0.15) is 10.4 Å². The van der Waals surface area contributed by atoms with Crippen LogP contribution in [0.5, 0.6) is 5.75 Å². The van der Waals surface area contributed by atoms with Crippen LogP contribution in [0, 0.1) is 11.3 Å². The van der Waals surface area contributed by atoms with E-state index in [0.717, 1.165) is 10.9 Å². The Morgan fingerprint density at radius 3 is 2.78 bits per heavy atom. The highest BCUT2D eigenvalue weighted by atomic mass is 32.2. The minimum atomic E-state index is -3.87. The fourth-order valence-corrected chi connectivity index (χ4v) is 5.06. The predicted molar refractivity (Wildman–Crippen MR) is 134 cm³/mol. The molecule has 1 atom stereocenters. The van der Waals surface area contributed by atoms with Crippen molar-refractivity contribution in [2.45, 2.75) is 17.4 Å². The second-order valence-corrected chi connectivity index (χ2v) is 9.64. The second kappa shape index (κ2) is 9.52. The molecule has 3 aromatic heterocycles. The van der Waals surface area contributed by atoms with Crippen molar-refractivity contribution in [1.82, 2.24) is 24.7 Å². The molecule has 5 aromatic rings. The van der Waals surface area contributed by atoms with E-state index in [1.807, 2.05) is 6.07 Å². The third kappa shape index (κ3) is 4.49. The van der Waals surface area contributed by atoms with Crippen molar-refractivity contribution in [3.05, 3.63) is 85.1 Å². The molecule has 0 spiro atoms. The van der Waals surface area contributed by atoms with E-state index in [0.29, 0.717) is 28.3 Å². The molecule has 0 saturated heterocycles. The van der Waals surface area contributed by atoms with Gasteiger partial charge in [-0.25, -0.2) is 18.4 Å². The van der Waals surface area contributed by atoms with Gasteiger partial charge in [-0.05, 0) is 48.0 Å². The molecule has 0 radical (unpaired) electrons. The molecular formula is C25H21N7O3S. The van der Waals surface area contributed by atoms with Gasteiger partial charge in [-0.1, -0.05) is 12.1 Å². The van der Waals surface area contributed by atoms with E-state index in [1.165, 1.54) is 12.4 Å². The summed E-state index contributed by atoms with van der Waals surface area (Å²) in [5.74, 6) is 0.622. The number of sulfonamides is 1. The monoisotopic (exact) mass is 499 g/mol. The van der Waals surface area contributed by atoms with Gasteiger partial charge < -0.3 is 9.72 Å². The fourth-order valence-electron chi connectivity index (χ4n) is 3.95. The number of benzene rings is 2. The molecule has 2 aromatic carbocycles. The van der Waals surface area contributed by atoms with E-state index >= 15 is 0 Å². The van der Waals surface area contributed by atoms with Crippen molar-refractivity contribution in [2.24, 2.45) is 0 Å². The molecule has 2 N–H and O–H groups in total. The quantitative estimate of drug-likeness (QED) is 0.327. The van der Waals surface area contributed by atoms with E-state index in [-0.39, 0.29) is 11.3 Å². The number of hydrogen-bond acceptors (Lipinski definition) is 7. The van der Waals surface area contributed by atoms with Gasteiger partial charge in [0.25, 0.3) is 10.0 Å². The third-order valence-corrected chi connectivity index (χ3v) is 7.11. The number of aromatic amines is 1. The number of H-pyrrole nitrogens is 1. The lowest BCUT2D eigenvalue weighted by molar-refractivity contribution is 0.415. The minimum Gasteiger partial charge on any atom is -0.497 e. The summed E-state index contributed by atoms with van der Waals surface area (Å²) in [6.07, 6.45) is 6.83. The van der Waals surface area contributed by atoms with Crippen LogP contribution in [0.2, 0.25) is 0 Å². The van der Waals surface area contributed by atoms with Crippen LogP contribution in [0.15, 0.2) is 84.4 Å². The smallest absolute Gasteiger partial charge is 0.261 e. The van der Waals surface area contributed by atoms with Gasteiger partial charge in [-0.15, -0.1) is 0 Å². The molecule has 5 rings (SSSR count). The molecule has 0 aliphatic heterocycles. The molecular weight excluding hydrogens is 478 g/mol. The van der Waals surface area contributed by atoms with Crippen LogP contribution in [0.3, 0.4) is 0 Å². The first-order chi connectivity index (χ1) is 17.5. The summed E-state index contributed by atoms with van der Waals surface area (Å²) in [7, 11) is -2.32. The highest BCUT2D eigenvalue weighted by Gasteiger charge is 2.21. The Morgan fingerprint density at radius 2 is 2.00 bits per heavy atom. The maximum atomic E-state index is 13.1. The summed E-state index contributed by atoms with van der Waals surface area (Å²) in [5, 5.41) is 14.8. The van der Waals surface area contributed by atoms with Crippen LogP contribution in [-0.2, 0) is 10.0 Å². The summed E-state index contributed by atoms with van der Waals surface area (Å²) in [6.45, 7) is 0. The molecule has 11 heteroatoms. The lowest BCUT2D eigenvalue weighted by Gasteiger charge is -2.16. The van der Waals surface area contributed by atoms with E-state index in [2.05, 4.69) is 30.8 Å². The third-order valence-electron chi connectivity index (χ3n) is 5.73. The normalized spacial score (nSPS) is 12.2. The molecule has 0 bridgehead atoms. The van der Waals surface area contributed by atoms with E-state index in [9.17, 15) is 13.7 Å². The van der Waals surface area contributed by atoms with Gasteiger partial charge in [0.05, 0.1) is 42.4 Å². The first-order valence-corrected chi connectivity index (χ1v) is 12.4. The first-order valence-electron chi connectivity index (χ1n) is 10.9. The molecule has 0 amide bonds. The standard InChI is InChI=1S/C25H21N7O3S/c1-35-20-7-5-19(6-8-20)31-36(33,34)21-4-2-3-17(13-21)23(9-11-26)32-15-18(14-30-32)24-22-10-12-27-25(22)29-16-28-24/h2-8,10,12-16,23,31H,9H2,1H3,(H,27,28,29). The van der Waals surface area contributed by atoms with Crippen LogP contribution in [-0.4, -0.2) is 40.3 Å². The Morgan fingerprint density at radius 1 is 1.17 bits per heavy atom. The average molecular weight is 500 g/mol. The Kier molecular flexibility index (Phi) is 6.10. The summed E-state index contributed by atoms with van der Waals surface area (Å²) in [4.78, 5) is 11.7. The number of aromatic nitrogens is 5. The Labute approximate surface area is 207 Å². The number of fused-ring (bicyclic) bond motifs is 1. The molecule has 36 heavy (non-hydrogen) atoms. The number of anilines is 1. The van der Waals surface area contributed by atoms with Crippen LogP contribution in [0.25, 0.3) is 22.3 Å². The predicted octanol–water partition coefficient (Wildman–Crippen LogP) is 4.13. The van der Waals surface area contributed by atoms with E-state index in [1.54, 1.807) is 72.8 Å². The van der Waals surface area contributed by atoms with Crippen molar-refractivity contribution in [2.75, 3.05) is 11.8 Å². The Balaban J connectivity index is 1.46. The topological polar surface area (TPSA) is 139 Å². The molecule has 0 fully saturated rings. The Hall–Kier alpha value is -4.69. The zero-order valence-corrected chi connectivity index (χ0v) is 20.0. The van der Waals surface area contributed by atoms with Gasteiger partial charge in [-0.3, -0.25) is 9.40 Å². The summed E-state index contributed by atoms with van der Waals surface area (Å²) in [5.41, 5.74) is 3.23. The van der Waals surface area contributed by atoms with Crippen LogP contribution in [0.1, 0.15) is 18.0 Å². The van der Waals surface area contributed by atoms with Gasteiger partial charge in [0.1, 0.15) is 17.7 Å². The van der Waals surface area contributed by atoms with E-state index < -0.39 is 16.1 Å². The number of rotatable bonds is 8. The molecule has 10 nitrogen and oxygen atoms in total. The fraction of sp³-hybridized carbons (Fsp3) is 0.120. The number of hydrogen-bond donors (Lipinski definition) is 2. The number of nitriles is 1. The van der Waals surface area contributed by atoms with Crippen molar-refractivity contribution in [1.29, 1.82) is 5.26 Å².